The molecule has 3 aliphatic rings. The molecule has 2 aliphatic carbocycles. The first-order valence-electron chi connectivity index (χ1n) is 8.11. The fourth-order valence-corrected chi connectivity index (χ4v) is 4.80. The van der Waals surface area contributed by atoms with Crippen molar-refractivity contribution in [3.8, 4) is 0 Å². The van der Waals surface area contributed by atoms with Gasteiger partial charge in [0.05, 0.1) is 0 Å². The third kappa shape index (κ3) is 2.34. The molecule has 1 unspecified atom stereocenters. The summed E-state index contributed by atoms with van der Waals surface area (Å²) < 4.78 is 0. The number of hydrogen-bond acceptors (Lipinski definition) is 2. The summed E-state index contributed by atoms with van der Waals surface area (Å²) in [6, 6.07) is 0.846. The summed E-state index contributed by atoms with van der Waals surface area (Å²) >= 11 is 0. The molecule has 1 spiro atoms. The van der Waals surface area contributed by atoms with Crippen LogP contribution in [0.4, 0.5) is 0 Å². The maximum atomic E-state index is 3.87. The fourth-order valence-electron chi connectivity index (χ4n) is 4.80. The van der Waals surface area contributed by atoms with Crippen molar-refractivity contribution in [3.63, 3.8) is 0 Å². The Hall–Kier alpha value is -0.0800. The monoisotopic (exact) mass is 250 g/mol. The van der Waals surface area contributed by atoms with Crippen LogP contribution in [0.2, 0.25) is 0 Å². The van der Waals surface area contributed by atoms with Gasteiger partial charge in [0, 0.05) is 31.2 Å². The molecule has 1 atom stereocenters. The van der Waals surface area contributed by atoms with Gasteiger partial charge in [-0.3, -0.25) is 4.90 Å². The summed E-state index contributed by atoms with van der Waals surface area (Å²) in [6.07, 6.45) is 11.5. The van der Waals surface area contributed by atoms with E-state index >= 15 is 0 Å². The number of nitrogens with one attached hydrogen (secondary N) is 1. The highest BCUT2D eigenvalue weighted by molar-refractivity contribution is 5.01. The molecule has 2 heteroatoms. The van der Waals surface area contributed by atoms with Gasteiger partial charge < -0.3 is 5.32 Å². The molecule has 3 fully saturated rings. The normalized spacial score (nSPS) is 36.0. The molecular formula is C16H30N2. The summed E-state index contributed by atoms with van der Waals surface area (Å²) in [7, 11) is 0. The summed E-state index contributed by atoms with van der Waals surface area (Å²) in [6.45, 7) is 8.78. The molecule has 18 heavy (non-hydrogen) atoms. The number of hydrogen-bond donors (Lipinski definition) is 1. The van der Waals surface area contributed by atoms with Crippen molar-refractivity contribution in [1.29, 1.82) is 0 Å². The van der Waals surface area contributed by atoms with E-state index in [1.165, 1.54) is 71.0 Å². The minimum Gasteiger partial charge on any atom is -0.309 e. The highest BCUT2D eigenvalue weighted by Crippen LogP contribution is 2.42. The fraction of sp³-hybridized carbons (Fsp3) is 1.00. The first kappa shape index (κ1) is 12.9. The second kappa shape index (κ2) is 4.79. The predicted molar refractivity (Wildman–Crippen MR) is 76.8 cm³/mol. The van der Waals surface area contributed by atoms with E-state index < -0.39 is 0 Å². The largest absolute Gasteiger partial charge is 0.309 e. The number of piperazine rings is 1. The van der Waals surface area contributed by atoms with E-state index in [0.717, 1.165) is 6.04 Å². The molecule has 2 nitrogen and oxygen atoms in total. The van der Waals surface area contributed by atoms with Crippen molar-refractivity contribution in [2.75, 3.05) is 19.6 Å². The summed E-state index contributed by atoms with van der Waals surface area (Å²) in [4.78, 5) is 2.84. The van der Waals surface area contributed by atoms with E-state index in [2.05, 4.69) is 24.1 Å². The third-order valence-corrected chi connectivity index (χ3v) is 5.86. The Morgan fingerprint density at radius 2 is 1.78 bits per heavy atom. The minimum atomic E-state index is 0.481. The lowest BCUT2D eigenvalue weighted by molar-refractivity contribution is 0.0336. The van der Waals surface area contributed by atoms with E-state index in [-0.39, 0.29) is 0 Å². The van der Waals surface area contributed by atoms with Crippen molar-refractivity contribution in [2.24, 2.45) is 5.41 Å². The van der Waals surface area contributed by atoms with Gasteiger partial charge in [0.2, 0.25) is 0 Å². The molecule has 0 amide bonds. The third-order valence-electron chi connectivity index (χ3n) is 5.86. The quantitative estimate of drug-likeness (QED) is 0.769. The highest BCUT2D eigenvalue weighted by Gasteiger charge is 2.43. The SMILES string of the molecule is CC1(C)CCCC1N1CCNC2(CCCCC2)C1. The van der Waals surface area contributed by atoms with Crippen molar-refractivity contribution in [1.82, 2.24) is 10.2 Å². The zero-order chi connectivity index (χ0) is 12.6. The molecule has 2 saturated carbocycles. The molecule has 1 aliphatic heterocycles. The highest BCUT2D eigenvalue weighted by atomic mass is 15.3. The predicted octanol–water partition coefficient (Wildman–Crippen LogP) is 3.17. The Balaban J connectivity index is 1.70. The van der Waals surface area contributed by atoms with E-state index in [9.17, 15) is 0 Å². The summed E-state index contributed by atoms with van der Waals surface area (Å²) in [5, 5.41) is 3.87. The Morgan fingerprint density at radius 3 is 2.44 bits per heavy atom. The van der Waals surface area contributed by atoms with Crippen LogP contribution in [0.1, 0.15) is 65.2 Å². The van der Waals surface area contributed by atoms with E-state index in [1.54, 1.807) is 0 Å². The lowest BCUT2D eigenvalue weighted by Gasteiger charge is -2.50. The van der Waals surface area contributed by atoms with Crippen LogP contribution in [0, 0.1) is 5.41 Å². The topological polar surface area (TPSA) is 15.3 Å². The van der Waals surface area contributed by atoms with Crippen LogP contribution in [-0.2, 0) is 0 Å². The van der Waals surface area contributed by atoms with Crippen LogP contribution in [-0.4, -0.2) is 36.1 Å². The second-order valence-electron chi connectivity index (χ2n) is 7.63. The van der Waals surface area contributed by atoms with E-state index in [1.807, 2.05) is 0 Å². The van der Waals surface area contributed by atoms with Crippen LogP contribution < -0.4 is 5.32 Å². The number of rotatable bonds is 1. The smallest absolute Gasteiger partial charge is 0.0309 e. The van der Waals surface area contributed by atoms with Crippen molar-refractivity contribution >= 4 is 0 Å². The first-order chi connectivity index (χ1) is 8.61. The Bertz CT molecular complexity index is 286. The molecule has 0 radical (unpaired) electrons. The second-order valence-corrected chi connectivity index (χ2v) is 7.63. The molecule has 1 saturated heterocycles. The molecule has 0 aromatic heterocycles. The molecule has 0 aromatic carbocycles. The van der Waals surface area contributed by atoms with Crippen LogP contribution in [0.3, 0.4) is 0 Å². The molecule has 1 N–H and O–H groups in total. The van der Waals surface area contributed by atoms with Crippen LogP contribution >= 0.6 is 0 Å². The molecular weight excluding hydrogens is 220 g/mol. The van der Waals surface area contributed by atoms with Crippen molar-refractivity contribution < 1.29 is 0 Å². The standard InChI is InChI=1S/C16H30N2/c1-15(2)8-6-7-14(15)18-12-11-17-16(13-18)9-4-3-5-10-16/h14,17H,3-13H2,1-2H3. The zero-order valence-electron chi connectivity index (χ0n) is 12.3. The van der Waals surface area contributed by atoms with Gasteiger partial charge in [-0.05, 0) is 31.1 Å². The molecule has 1 heterocycles. The van der Waals surface area contributed by atoms with Gasteiger partial charge in [-0.2, -0.15) is 0 Å². The maximum absolute atomic E-state index is 3.87. The first-order valence-corrected chi connectivity index (χ1v) is 8.11. The maximum Gasteiger partial charge on any atom is 0.0309 e. The van der Waals surface area contributed by atoms with Gasteiger partial charge in [0.15, 0.2) is 0 Å². The molecule has 3 rings (SSSR count). The van der Waals surface area contributed by atoms with Crippen LogP contribution in [0.5, 0.6) is 0 Å². The molecule has 0 bridgehead atoms. The minimum absolute atomic E-state index is 0.481. The molecule has 104 valence electrons. The van der Waals surface area contributed by atoms with E-state index in [0.29, 0.717) is 11.0 Å². The van der Waals surface area contributed by atoms with Gasteiger partial charge in [0.1, 0.15) is 0 Å². The average Bonchev–Trinajstić information content (AvgIpc) is 2.70. The zero-order valence-corrected chi connectivity index (χ0v) is 12.3. The Labute approximate surface area is 113 Å². The van der Waals surface area contributed by atoms with Gasteiger partial charge in [0.25, 0.3) is 0 Å². The van der Waals surface area contributed by atoms with E-state index in [4.69, 9.17) is 0 Å². The Kier molecular flexibility index (Phi) is 3.44. The van der Waals surface area contributed by atoms with Crippen molar-refractivity contribution in [2.45, 2.75) is 76.8 Å². The average molecular weight is 250 g/mol. The summed E-state index contributed by atoms with van der Waals surface area (Å²) in [5.74, 6) is 0. The molecule has 0 aromatic rings. The van der Waals surface area contributed by atoms with Gasteiger partial charge in [-0.15, -0.1) is 0 Å². The Morgan fingerprint density at radius 1 is 1.00 bits per heavy atom. The lowest BCUT2D eigenvalue weighted by Crippen LogP contribution is -2.63. The van der Waals surface area contributed by atoms with Crippen molar-refractivity contribution in [3.05, 3.63) is 0 Å². The van der Waals surface area contributed by atoms with Gasteiger partial charge in [-0.1, -0.05) is 39.5 Å². The van der Waals surface area contributed by atoms with Gasteiger partial charge >= 0.3 is 0 Å². The van der Waals surface area contributed by atoms with Crippen LogP contribution in [0.25, 0.3) is 0 Å². The van der Waals surface area contributed by atoms with Crippen LogP contribution in [0.15, 0.2) is 0 Å². The summed E-state index contributed by atoms with van der Waals surface area (Å²) in [5.41, 5.74) is 1.03. The lowest BCUT2D eigenvalue weighted by atomic mass is 9.78. The number of nitrogens with zero attached hydrogens (tertiary/aromatic N) is 1. The van der Waals surface area contributed by atoms with Gasteiger partial charge in [-0.25, -0.2) is 0 Å².